The normalized spacial score (nSPS) is 23.5. The molecule has 2 aliphatic rings. The first kappa shape index (κ1) is 24.3. The van der Waals surface area contributed by atoms with Crippen LogP contribution in [0.4, 0.5) is 4.79 Å². The zero-order valence-corrected chi connectivity index (χ0v) is 20.1. The Bertz CT molecular complexity index is 723. The average Bonchev–Trinajstić information content (AvgIpc) is 3.24. The second-order valence-electron chi connectivity index (χ2n) is 10.4. The number of aliphatic carboxylic acids is 1. The maximum Gasteiger partial charge on any atom is 0.408 e. The highest BCUT2D eigenvalue weighted by molar-refractivity contribution is 6.83. The molecule has 1 aliphatic carbocycles. The Balaban J connectivity index is 2.31. The predicted molar refractivity (Wildman–Crippen MR) is 118 cm³/mol. The molecule has 2 N–H and O–H groups in total. The van der Waals surface area contributed by atoms with E-state index in [4.69, 9.17) is 4.74 Å². The highest BCUT2D eigenvalue weighted by atomic mass is 28.3. The summed E-state index contributed by atoms with van der Waals surface area (Å²) in [6, 6.07) is -2.14. The van der Waals surface area contributed by atoms with Crippen molar-refractivity contribution in [3.05, 3.63) is 0 Å². The number of hydrogen-bond donors (Lipinski definition) is 2. The van der Waals surface area contributed by atoms with E-state index in [2.05, 4.69) is 36.4 Å². The van der Waals surface area contributed by atoms with E-state index in [9.17, 15) is 19.5 Å². The number of hydrogen-bond acceptors (Lipinski definition) is 4. The van der Waals surface area contributed by atoms with Crippen molar-refractivity contribution >= 4 is 26.0 Å². The Morgan fingerprint density at radius 2 is 1.70 bits per heavy atom. The van der Waals surface area contributed by atoms with Crippen LogP contribution in [0, 0.1) is 17.4 Å². The quantitative estimate of drug-likeness (QED) is 0.520. The fourth-order valence-electron chi connectivity index (χ4n) is 4.07. The number of likely N-dealkylation sites (tertiary alicyclic amines) is 1. The number of rotatable bonds is 4. The molecule has 2 rings (SSSR count). The fraction of sp³-hybridized carbons (Fsp3) is 0.773. The lowest BCUT2D eigenvalue weighted by atomic mass is 9.96. The number of carbonyl (C=O) groups excluding carboxylic acids is 2. The van der Waals surface area contributed by atoms with Gasteiger partial charge in [0.1, 0.15) is 25.8 Å². The van der Waals surface area contributed by atoms with Crippen molar-refractivity contribution in [2.75, 3.05) is 0 Å². The minimum absolute atomic E-state index is 0.0225. The molecule has 1 saturated heterocycles. The maximum absolute atomic E-state index is 13.6. The molecule has 1 saturated carbocycles. The highest BCUT2D eigenvalue weighted by Gasteiger charge is 2.45. The molecule has 0 aromatic rings. The summed E-state index contributed by atoms with van der Waals surface area (Å²) in [7, 11) is -1.68. The molecule has 7 nitrogen and oxygen atoms in total. The standard InChI is InChI=1S/C22H36N2O5Si/c1-22(2,3)29-21(28)23-18(15-9-7-8-10-15)19(25)24-16(13-14-30(4,5)6)11-12-17(24)20(26)27/h15-18H,7-12H2,1-6H3,(H,23,28)(H,26,27)/t16?,17-,18-/m0/s1. The highest BCUT2D eigenvalue weighted by Crippen LogP contribution is 2.32. The Morgan fingerprint density at radius 3 is 2.20 bits per heavy atom. The molecule has 1 aliphatic heterocycles. The fourth-order valence-corrected chi connectivity index (χ4v) is 4.67. The van der Waals surface area contributed by atoms with E-state index in [1.165, 1.54) is 4.90 Å². The largest absolute Gasteiger partial charge is 0.480 e. The number of carboxylic acid groups (broad SMARTS) is 1. The second-order valence-corrected chi connectivity index (χ2v) is 15.1. The molecule has 8 heteroatoms. The van der Waals surface area contributed by atoms with Crippen LogP contribution < -0.4 is 5.32 Å². The van der Waals surface area contributed by atoms with Gasteiger partial charge in [0.15, 0.2) is 0 Å². The van der Waals surface area contributed by atoms with Gasteiger partial charge >= 0.3 is 12.1 Å². The Hall–Kier alpha value is -2.01. The average molecular weight is 437 g/mol. The molecule has 1 unspecified atom stereocenters. The zero-order chi connectivity index (χ0) is 22.7. The van der Waals surface area contributed by atoms with Gasteiger partial charge in [0.2, 0.25) is 5.91 Å². The number of nitrogens with zero attached hydrogens (tertiary/aromatic N) is 1. The topological polar surface area (TPSA) is 95.9 Å². The number of ether oxygens (including phenoxy) is 1. The van der Waals surface area contributed by atoms with Gasteiger partial charge < -0.3 is 20.1 Å². The van der Waals surface area contributed by atoms with Crippen molar-refractivity contribution in [3.8, 4) is 11.5 Å². The van der Waals surface area contributed by atoms with Crippen molar-refractivity contribution in [1.82, 2.24) is 10.2 Å². The summed E-state index contributed by atoms with van der Waals surface area (Å²) in [5.74, 6) is 1.78. The van der Waals surface area contributed by atoms with Gasteiger partial charge in [-0.3, -0.25) is 4.79 Å². The van der Waals surface area contributed by atoms with Crippen LogP contribution in [0.25, 0.3) is 0 Å². The van der Waals surface area contributed by atoms with Crippen LogP contribution in [0.15, 0.2) is 0 Å². The molecule has 0 bridgehead atoms. The number of alkyl carbamates (subject to hydrolysis) is 1. The van der Waals surface area contributed by atoms with Gasteiger partial charge in [0.25, 0.3) is 0 Å². The van der Waals surface area contributed by atoms with Crippen molar-refractivity contribution in [2.24, 2.45) is 5.92 Å². The molecular weight excluding hydrogens is 400 g/mol. The lowest BCUT2D eigenvalue weighted by Gasteiger charge is -2.33. The van der Waals surface area contributed by atoms with Gasteiger partial charge in [-0.1, -0.05) is 38.4 Å². The van der Waals surface area contributed by atoms with Gasteiger partial charge in [-0.25, -0.2) is 9.59 Å². The minimum atomic E-state index is -1.68. The Labute approximate surface area is 180 Å². The SMILES string of the molecule is CC(C)(C)OC(=O)N[C@H](C(=O)N1C(C#C[Si](C)(C)C)CC[C@H]1C(=O)O)C1CCCC1. The van der Waals surface area contributed by atoms with E-state index >= 15 is 0 Å². The zero-order valence-electron chi connectivity index (χ0n) is 19.1. The van der Waals surface area contributed by atoms with Crippen molar-refractivity contribution < 1.29 is 24.2 Å². The van der Waals surface area contributed by atoms with E-state index in [1.54, 1.807) is 20.8 Å². The van der Waals surface area contributed by atoms with Gasteiger partial charge in [-0.05, 0) is 52.4 Å². The smallest absolute Gasteiger partial charge is 0.408 e. The van der Waals surface area contributed by atoms with Crippen molar-refractivity contribution in [3.63, 3.8) is 0 Å². The molecule has 3 atom stereocenters. The van der Waals surface area contributed by atoms with E-state index in [0.29, 0.717) is 12.8 Å². The van der Waals surface area contributed by atoms with E-state index in [1.807, 2.05) is 0 Å². The van der Waals surface area contributed by atoms with Crippen LogP contribution in [-0.4, -0.2) is 59.8 Å². The first-order valence-corrected chi connectivity index (χ1v) is 14.4. The van der Waals surface area contributed by atoms with Gasteiger partial charge in [0, 0.05) is 0 Å². The number of nitrogens with one attached hydrogen (secondary N) is 1. The summed E-state index contributed by atoms with van der Waals surface area (Å²) in [5, 5.41) is 12.5. The van der Waals surface area contributed by atoms with Gasteiger partial charge in [-0.2, -0.15) is 0 Å². The lowest BCUT2D eigenvalue weighted by Crippen LogP contribution is -2.56. The number of amides is 2. The van der Waals surface area contributed by atoms with Crippen LogP contribution in [0.5, 0.6) is 0 Å². The van der Waals surface area contributed by atoms with Gasteiger partial charge in [0.05, 0.1) is 6.04 Å². The first-order chi connectivity index (χ1) is 13.8. The van der Waals surface area contributed by atoms with Gasteiger partial charge in [-0.15, -0.1) is 5.54 Å². The van der Waals surface area contributed by atoms with E-state index < -0.39 is 43.9 Å². The Morgan fingerprint density at radius 1 is 1.10 bits per heavy atom. The summed E-state index contributed by atoms with van der Waals surface area (Å²) in [6.45, 7) is 11.6. The molecular formula is C22H36N2O5Si. The minimum Gasteiger partial charge on any atom is -0.480 e. The third kappa shape index (κ3) is 6.76. The first-order valence-electron chi connectivity index (χ1n) is 10.9. The van der Waals surface area contributed by atoms with Crippen LogP contribution in [0.2, 0.25) is 19.6 Å². The summed E-state index contributed by atoms with van der Waals surface area (Å²) < 4.78 is 5.37. The summed E-state index contributed by atoms with van der Waals surface area (Å²) in [5.41, 5.74) is 2.59. The van der Waals surface area contributed by atoms with Crippen LogP contribution >= 0.6 is 0 Å². The molecule has 0 spiro atoms. The molecule has 2 fully saturated rings. The molecule has 1 heterocycles. The van der Waals surface area contributed by atoms with Crippen LogP contribution in [0.3, 0.4) is 0 Å². The summed E-state index contributed by atoms with van der Waals surface area (Å²) >= 11 is 0. The molecule has 0 aromatic heterocycles. The molecule has 0 radical (unpaired) electrons. The Kier molecular flexibility index (Phi) is 7.62. The molecule has 0 aromatic carbocycles. The van der Waals surface area contributed by atoms with E-state index in [0.717, 1.165) is 25.7 Å². The lowest BCUT2D eigenvalue weighted by molar-refractivity contribution is -0.150. The number of carbonyl (C=O) groups is 3. The van der Waals surface area contributed by atoms with Crippen LogP contribution in [0.1, 0.15) is 59.3 Å². The summed E-state index contributed by atoms with van der Waals surface area (Å²) in [6.07, 6.45) is 3.88. The monoisotopic (exact) mass is 436 g/mol. The molecule has 2 amide bonds. The van der Waals surface area contributed by atoms with Crippen molar-refractivity contribution in [2.45, 2.75) is 103 Å². The number of carboxylic acids is 1. The maximum atomic E-state index is 13.6. The third-order valence-electron chi connectivity index (χ3n) is 5.35. The van der Waals surface area contributed by atoms with E-state index in [-0.39, 0.29) is 11.8 Å². The van der Waals surface area contributed by atoms with Crippen LogP contribution in [-0.2, 0) is 14.3 Å². The van der Waals surface area contributed by atoms with Crippen molar-refractivity contribution in [1.29, 1.82) is 0 Å². The molecule has 30 heavy (non-hydrogen) atoms. The summed E-state index contributed by atoms with van der Waals surface area (Å²) in [4.78, 5) is 39.4. The second kappa shape index (κ2) is 9.42. The third-order valence-corrected chi connectivity index (χ3v) is 6.24. The molecule has 168 valence electrons. The predicted octanol–water partition coefficient (Wildman–Crippen LogP) is 3.39.